The second kappa shape index (κ2) is 11.3. The molecule has 2 aliphatic heterocycles. The average molecular weight is 717 g/mol. The van der Waals surface area contributed by atoms with Crippen LogP contribution in [0.25, 0.3) is 0 Å². The molecular weight excluding hydrogens is 692 g/mol. The van der Waals surface area contributed by atoms with Crippen molar-refractivity contribution in [3.05, 3.63) is 114 Å². The Labute approximate surface area is 284 Å². The number of carbonyl (C=O) groups is 2. The molecule has 49 heavy (non-hydrogen) atoms. The van der Waals surface area contributed by atoms with Crippen LogP contribution in [0.4, 0.5) is 19.0 Å². The van der Waals surface area contributed by atoms with Gasteiger partial charge in [-0.2, -0.15) is 18.2 Å². The number of benzene rings is 2. The summed E-state index contributed by atoms with van der Waals surface area (Å²) in [6.45, 7) is -0.0248. The number of hydrogen-bond acceptors (Lipinski definition) is 8. The second-order valence-corrected chi connectivity index (χ2v) is 12.8. The zero-order chi connectivity index (χ0) is 35.2. The van der Waals surface area contributed by atoms with E-state index in [-0.39, 0.29) is 30.3 Å². The van der Waals surface area contributed by atoms with Crippen molar-refractivity contribution in [3.8, 4) is 11.5 Å². The lowest BCUT2D eigenvalue weighted by molar-refractivity contribution is -0.139. The Morgan fingerprint density at radius 1 is 1.04 bits per heavy atom. The molecule has 12 nitrogen and oxygen atoms in total. The SMILES string of the molecule is COc1cc([C@H]2C3=CCn4c(=O)n(C)c(=O)n4[C@@H]3C[C@H]3C(=O)N(Nc4ncc(C(F)(F)F)cc4Cl)C(=O)[C@@]23c2ccc(Cl)cc2)ccc1O. The molecular formula is C32H25Cl2F3N6O6. The molecule has 7 rings (SSSR count). The maximum Gasteiger partial charge on any atom is 0.417 e. The summed E-state index contributed by atoms with van der Waals surface area (Å²) < 4.78 is 49.0. The van der Waals surface area contributed by atoms with E-state index in [9.17, 15) is 32.7 Å². The highest BCUT2D eigenvalue weighted by Crippen LogP contribution is 2.62. The van der Waals surface area contributed by atoms with Crippen LogP contribution in [0.2, 0.25) is 10.0 Å². The first-order valence-electron chi connectivity index (χ1n) is 14.8. The van der Waals surface area contributed by atoms with Crippen molar-refractivity contribution in [2.75, 3.05) is 12.5 Å². The smallest absolute Gasteiger partial charge is 0.417 e. The predicted molar refractivity (Wildman–Crippen MR) is 169 cm³/mol. The number of nitrogens with one attached hydrogen (secondary N) is 1. The van der Waals surface area contributed by atoms with Gasteiger partial charge in [0.05, 0.1) is 41.6 Å². The number of halogens is 5. The molecule has 2 amide bonds. The molecule has 1 saturated carbocycles. The lowest BCUT2D eigenvalue weighted by Crippen LogP contribution is -2.53. The van der Waals surface area contributed by atoms with Gasteiger partial charge in [0.2, 0.25) is 0 Å². The number of rotatable bonds is 5. The van der Waals surface area contributed by atoms with Crippen LogP contribution in [0.1, 0.15) is 35.1 Å². The lowest BCUT2D eigenvalue weighted by atomic mass is 9.53. The monoisotopic (exact) mass is 716 g/mol. The Morgan fingerprint density at radius 2 is 1.76 bits per heavy atom. The van der Waals surface area contributed by atoms with Gasteiger partial charge in [-0.3, -0.25) is 15.0 Å². The molecule has 2 aromatic carbocycles. The van der Waals surface area contributed by atoms with Crippen LogP contribution in [-0.2, 0) is 34.8 Å². The number of hydrogen-bond donors (Lipinski definition) is 2. The Morgan fingerprint density at radius 3 is 2.41 bits per heavy atom. The maximum atomic E-state index is 15.1. The van der Waals surface area contributed by atoms with Crippen LogP contribution >= 0.6 is 23.2 Å². The van der Waals surface area contributed by atoms with Crippen LogP contribution in [0.3, 0.4) is 0 Å². The highest BCUT2D eigenvalue weighted by atomic mass is 35.5. The zero-order valence-corrected chi connectivity index (χ0v) is 27.0. The number of hydrazine groups is 1. The second-order valence-electron chi connectivity index (χ2n) is 11.9. The fourth-order valence-electron chi connectivity index (χ4n) is 7.40. The summed E-state index contributed by atoms with van der Waals surface area (Å²) in [4.78, 5) is 59.9. The average Bonchev–Trinajstić information content (AvgIpc) is 3.42. The number of ether oxygens (including phenoxy) is 1. The van der Waals surface area contributed by atoms with Crippen LogP contribution in [0, 0.1) is 5.92 Å². The maximum absolute atomic E-state index is 15.1. The third-order valence-electron chi connectivity index (χ3n) is 9.55. The van der Waals surface area contributed by atoms with Crippen molar-refractivity contribution < 1.29 is 32.6 Å². The van der Waals surface area contributed by atoms with Gasteiger partial charge >= 0.3 is 17.6 Å². The van der Waals surface area contributed by atoms with E-state index in [1.807, 2.05) is 0 Å². The molecule has 4 aromatic rings. The number of amides is 2. The summed E-state index contributed by atoms with van der Waals surface area (Å²) in [5, 5.41) is 11.0. The molecule has 254 valence electrons. The van der Waals surface area contributed by atoms with Gasteiger partial charge in [0.1, 0.15) is 0 Å². The summed E-state index contributed by atoms with van der Waals surface area (Å²) >= 11 is 12.4. The topological polar surface area (TPSA) is 141 Å². The van der Waals surface area contributed by atoms with Crippen LogP contribution < -0.4 is 21.5 Å². The van der Waals surface area contributed by atoms with Gasteiger partial charge in [-0.05, 0) is 53.5 Å². The van der Waals surface area contributed by atoms with Crippen molar-refractivity contribution in [1.82, 2.24) is 23.9 Å². The standard InChI is InChI=1S/C32H25Cl2F3N6O6/c1-40-29(47)41-10-9-19-22(43(41)30(40)48)13-20-27(45)42(39-26-21(34)12-17(14-38-26)32(35,36)37)28(46)31(20,16-4-6-18(33)7-5-16)25(19)15-3-8-23(44)24(11-15)49-2/h3-9,11-12,14,20,22,25,44H,10,13H2,1-2H3,(H,38,39)/t20-,22+,25-,31+/m0/s1. The minimum Gasteiger partial charge on any atom is -0.504 e. The molecule has 1 aliphatic carbocycles. The quantitative estimate of drug-likeness (QED) is 0.229. The number of fused-ring (bicyclic) bond motifs is 4. The molecule has 0 spiro atoms. The summed E-state index contributed by atoms with van der Waals surface area (Å²) in [7, 11) is 2.68. The van der Waals surface area contributed by atoms with Crippen LogP contribution in [0.15, 0.2) is 76.0 Å². The molecule has 1 saturated heterocycles. The molecule has 0 bridgehead atoms. The van der Waals surface area contributed by atoms with Crippen molar-refractivity contribution in [3.63, 3.8) is 0 Å². The van der Waals surface area contributed by atoms with E-state index in [0.29, 0.717) is 39.0 Å². The van der Waals surface area contributed by atoms with E-state index >= 15 is 4.79 Å². The van der Waals surface area contributed by atoms with Gasteiger partial charge in [0.25, 0.3) is 11.8 Å². The van der Waals surface area contributed by atoms with Crippen LogP contribution in [0.5, 0.6) is 11.5 Å². The van der Waals surface area contributed by atoms with Crippen molar-refractivity contribution in [2.45, 2.75) is 36.5 Å². The summed E-state index contributed by atoms with van der Waals surface area (Å²) in [6.07, 6.45) is -2.61. The van der Waals surface area contributed by atoms with Gasteiger partial charge in [0, 0.05) is 24.2 Å². The van der Waals surface area contributed by atoms with E-state index in [1.165, 1.54) is 35.7 Å². The molecule has 4 heterocycles. The number of aromatic hydroxyl groups is 1. The Bertz CT molecular complexity index is 2210. The van der Waals surface area contributed by atoms with Crippen molar-refractivity contribution >= 4 is 40.8 Å². The van der Waals surface area contributed by atoms with E-state index in [2.05, 4.69) is 10.4 Å². The van der Waals surface area contributed by atoms with Crippen molar-refractivity contribution in [1.29, 1.82) is 0 Å². The van der Waals surface area contributed by atoms with Crippen molar-refractivity contribution in [2.24, 2.45) is 13.0 Å². The number of anilines is 1. The van der Waals surface area contributed by atoms with E-state index in [4.69, 9.17) is 27.9 Å². The third-order valence-corrected chi connectivity index (χ3v) is 10.1. The first-order valence-corrected chi connectivity index (χ1v) is 15.5. The molecule has 17 heteroatoms. The van der Waals surface area contributed by atoms with Gasteiger partial charge in [0.15, 0.2) is 17.3 Å². The molecule has 0 unspecified atom stereocenters. The Hall–Kier alpha value is -5.02. The molecule has 3 aliphatic rings. The van der Waals surface area contributed by atoms with E-state index in [1.54, 1.807) is 36.4 Å². The molecule has 2 aromatic heterocycles. The number of phenolic OH excluding ortho intramolecular Hbond substituents is 1. The number of alkyl halides is 3. The highest BCUT2D eigenvalue weighted by Gasteiger charge is 2.69. The molecule has 4 atom stereocenters. The number of methoxy groups -OCH3 is 1. The van der Waals surface area contributed by atoms with Gasteiger partial charge in [-0.25, -0.2) is 28.5 Å². The normalized spacial score (nSPS) is 23.1. The summed E-state index contributed by atoms with van der Waals surface area (Å²) in [6, 6.07) is 10.5. The summed E-state index contributed by atoms with van der Waals surface area (Å²) in [5.41, 5.74) is -0.181. The minimum atomic E-state index is -4.75. The van der Waals surface area contributed by atoms with Crippen LogP contribution in [-0.4, -0.2) is 48.0 Å². The molecule has 2 N–H and O–H groups in total. The van der Waals surface area contributed by atoms with Gasteiger partial charge < -0.3 is 9.84 Å². The number of aromatic nitrogens is 4. The number of imide groups is 1. The lowest BCUT2D eigenvalue weighted by Gasteiger charge is -2.49. The first kappa shape index (κ1) is 32.5. The number of allylic oxidation sites excluding steroid dienone is 2. The van der Waals surface area contributed by atoms with E-state index < -0.39 is 63.2 Å². The predicted octanol–water partition coefficient (Wildman–Crippen LogP) is 4.40. The number of carbonyl (C=O) groups excluding carboxylic acids is 2. The molecule has 0 radical (unpaired) electrons. The van der Waals surface area contributed by atoms with E-state index in [0.717, 1.165) is 4.57 Å². The minimum absolute atomic E-state index is 0.0248. The van der Waals surface area contributed by atoms with Gasteiger partial charge in [-0.15, -0.1) is 0 Å². The Balaban J connectivity index is 1.48. The number of phenols is 1. The highest BCUT2D eigenvalue weighted by molar-refractivity contribution is 6.33. The first-order chi connectivity index (χ1) is 23.2. The third kappa shape index (κ3) is 4.70. The van der Waals surface area contributed by atoms with Gasteiger partial charge in [-0.1, -0.05) is 47.5 Å². The number of nitrogens with zero attached hydrogens (tertiary/aromatic N) is 5. The number of pyridine rings is 1. The Kier molecular flexibility index (Phi) is 7.48. The largest absolute Gasteiger partial charge is 0.504 e. The molecule has 2 fully saturated rings. The zero-order valence-electron chi connectivity index (χ0n) is 25.5. The summed E-state index contributed by atoms with van der Waals surface area (Å²) in [5.74, 6) is -4.31. The fourth-order valence-corrected chi connectivity index (χ4v) is 7.74. The fraction of sp³-hybridized carbons (Fsp3) is 0.281.